The molecule has 4 aromatic heterocycles. The first-order valence-corrected chi connectivity index (χ1v) is 20.9. The second-order valence-electron chi connectivity index (χ2n) is 15.2. The lowest BCUT2D eigenvalue weighted by atomic mass is 10.0. The van der Waals surface area contributed by atoms with Crippen molar-refractivity contribution in [2.75, 3.05) is 19.7 Å². The Kier molecular flexibility index (Phi) is 10.4. The molecule has 51 heavy (non-hydrogen) atoms. The van der Waals surface area contributed by atoms with Crippen LogP contribution in [0, 0.1) is 0 Å². The number of carboxylic acids is 1. The smallest absolute Gasteiger partial charge is 0.354 e. The van der Waals surface area contributed by atoms with Gasteiger partial charge in [0, 0.05) is 48.3 Å². The number of aryl methyl sites for hydroxylation is 1. The average molecular weight is 717 g/mol. The Labute approximate surface area is 300 Å². The van der Waals surface area contributed by atoms with Gasteiger partial charge in [0.15, 0.2) is 25.9 Å². The van der Waals surface area contributed by atoms with Crippen LogP contribution in [0.25, 0.3) is 44.3 Å². The van der Waals surface area contributed by atoms with Crippen LogP contribution in [0.3, 0.4) is 0 Å². The predicted octanol–water partition coefficient (Wildman–Crippen LogP) is 7.03. The lowest BCUT2D eigenvalue weighted by Gasteiger charge is -2.38. The molecule has 14 heteroatoms. The number of pyridine rings is 1. The monoisotopic (exact) mass is 716 g/mol. The molecule has 1 unspecified atom stereocenters. The van der Waals surface area contributed by atoms with Crippen molar-refractivity contribution in [3.8, 4) is 28.3 Å². The second kappa shape index (κ2) is 14.5. The number of nitrogens with one attached hydrogen (secondary N) is 1. The molecule has 0 bridgehead atoms. The van der Waals surface area contributed by atoms with Crippen molar-refractivity contribution in [3.63, 3.8) is 0 Å². The maximum Gasteiger partial charge on any atom is 0.354 e. The van der Waals surface area contributed by atoms with Crippen LogP contribution in [0.4, 0.5) is 0 Å². The second-order valence-corrected chi connectivity index (χ2v) is 19.9. The molecule has 2 N–H and O–H groups in total. The summed E-state index contributed by atoms with van der Waals surface area (Å²) in [6.45, 7) is 19.6. The van der Waals surface area contributed by atoms with Crippen molar-refractivity contribution >= 4 is 36.2 Å². The Morgan fingerprint density at radius 3 is 2.55 bits per heavy atom. The standard InChI is InChI=1S/C37H52N8O5Si/c1-10-38-19-23(2)49-35-29(21-40-43(35)7)26-18-28-32(42-45(34(28)39-20-26)31-13-11-12-16-48-31)25-14-15-30-27(17-25)33(36(46)47)44(41-30)22-24(3)50-51(8,9)37(4,5)6/h14-15,17-18,20-21,23-24,31,38H,10-13,16,19,22H2,1-9H3,(H,46,47)/t23-,24-,31?/m0/s1. The number of likely N-dealkylation sites (N-methyl/N-ethyl adjacent to an activating group) is 1. The van der Waals surface area contributed by atoms with Gasteiger partial charge in [-0.1, -0.05) is 33.8 Å². The summed E-state index contributed by atoms with van der Waals surface area (Å²) in [5.41, 5.74) is 4.51. The lowest BCUT2D eigenvalue weighted by molar-refractivity contribution is -0.0368. The molecule has 5 heterocycles. The topological polar surface area (TPSA) is 143 Å². The summed E-state index contributed by atoms with van der Waals surface area (Å²) in [4.78, 5) is 17.7. The van der Waals surface area contributed by atoms with Gasteiger partial charge in [0.05, 0.1) is 29.9 Å². The zero-order chi connectivity index (χ0) is 36.7. The molecule has 0 spiro atoms. The highest BCUT2D eigenvalue weighted by atomic mass is 28.4. The summed E-state index contributed by atoms with van der Waals surface area (Å²) in [5, 5.41) is 29.5. The number of ether oxygens (including phenoxy) is 2. The highest BCUT2D eigenvalue weighted by molar-refractivity contribution is 6.74. The van der Waals surface area contributed by atoms with Gasteiger partial charge in [0.2, 0.25) is 5.88 Å². The van der Waals surface area contributed by atoms with Gasteiger partial charge in [0.1, 0.15) is 11.8 Å². The van der Waals surface area contributed by atoms with E-state index in [1.165, 1.54) is 0 Å². The predicted molar refractivity (Wildman–Crippen MR) is 201 cm³/mol. The van der Waals surface area contributed by atoms with Gasteiger partial charge in [-0.2, -0.15) is 15.3 Å². The Bertz CT molecular complexity index is 2020. The highest BCUT2D eigenvalue weighted by Gasteiger charge is 2.38. The molecular formula is C37H52N8O5Si. The van der Waals surface area contributed by atoms with Crippen LogP contribution in [0.5, 0.6) is 5.88 Å². The first-order valence-electron chi connectivity index (χ1n) is 18.0. The quantitative estimate of drug-likeness (QED) is 0.122. The first-order chi connectivity index (χ1) is 24.2. The van der Waals surface area contributed by atoms with Crippen LogP contribution in [-0.4, -0.2) is 85.6 Å². The molecule has 5 aromatic rings. The summed E-state index contributed by atoms with van der Waals surface area (Å²) < 4.78 is 24.3. The Balaban J connectivity index is 1.43. The van der Waals surface area contributed by atoms with Crippen LogP contribution in [0.2, 0.25) is 18.1 Å². The minimum Gasteiger partial charge on any atom is -0.477 e. The van der Waals surface area contributed by atoms with Gasteiger partial charge >= 0.3 is 5.97 Å². The van der Waals surface area contributed by atoms with Crippen molar-refractivity contribution in [2.24, 2.45) is 7.05 Å². The molecule has 3 atom stereocenters. The summed E-state index contributed by atoms with van der Waals surface area (Å²) in [6.07, 6.45) is 5.95. The number of nitrogens with zero attached hydrogens (tertiary/aromatic N) is 7. The molecule has 1 aliphatic rings. The van der Waals surface area contributed by atoms with Crippen LogP contribution in [0.1, 0.15) is 77.5 Å². The van der Waals surface area contributed by atoms with E-state index in [0.29, 0.717) is 47.8 Å². The van der Waals surface area contributed by atoms with E-state index in [2.05, 4.69) is 57.3 Å². The summed E-state index contributed by atoms with van der Waals surface area (Å²) in [6, 6.07) is 7.75. The minimum atomic E-state index is -2.07. The van der Waals surface area contributed by atoms with E-state index in [4.69, 9.17) is 29.1 Å². The molecule has 0 saturated carbocycles. The van der Waals surface area contributed by atoms with Crippen LogP contribution >= 0.6 is 0 Å². The molecule has 6 rings (SSSR count). The Morgan fingerprint density at radius 1 is 1.10 bits per heavy atom. The minimum absolute atomic E-state index is 0.0281. The first kappa shape index (κ1) is 36.7. The van der Waals surface area contributed by atoms with Gasteiger partial charge in [-0.05, 0) is 76.0 Å². The molecule has 0 radical (unpaired) electrons. The average Bonchev–Trinajstić information content (AvgIpc) is 3.75. The van der Waals surface area contributed by atoms with Crippen LogP contribution in [-0.2, 0) is 22.8 Å². The SMILES string of the molecule is CCNC[C@H](C)Oc1c(-c2cnc3c(c2)c(-c2ccc4nn(C[C@H](C)O[Si](C)(C)C(C)(C)C)c(C(=O)O)c4c2)nn3C2CCCCO2)cnn1C. The molecule has 1 fully saturated rings. The van der Waals surface area contributed by atoms with E-state index >= 15 is 0 Å². The summed E-state index contributed by atoms with van der Waals surface area (Å²) >= 11 is 0. The van der Waals surface area contributed by atoms with E-state index in [1.54, 1.807) is 15.6 Å². The summed E-state index contributed by atoms with van der Waals surface area (Å²) in [7, 11) is -0.208. The number of aromatic nitrogens is 7. The van der Waals surface area contributed by atoms with E-state index < -0.39 is 14.3 Å². The number of fused-ring (bicyclic) bond motifs is 2. The molecule has 1 aromatic carbocycles. The van der Waals surface area contributed by atoms with Crippen LogP contribution in [0.15, 0.2) is 36.7 Å². The molecule has 13 nitrogen and oxygen atoms in total. The third-order valence-corrected chi connectivity index (χ3v) is 14.7. The molecule has 0 aliphatic carbocycles. The highest BCUT2D eigenvalue weighted by Crippen LogP contribution is 2.39. The maximum absolute atomic E-state index is 12.8. The molecular weight excluding hydrogens is 665 g/mol. The van der Waals surface area contributed by atoms with E-state index in [1.807, 2.05) is 50.0 Å². The zero-order valence-corrected chi connectivity index (χ0v) is 32.4. The van der Waals surface area contributed by atoms with Crippen LogP contribution < -0.4 is 10.1 Å². The van der Waals surface area contributed by atoms with E-state index in [9.17, 15) is 9.90 Å². The van der Waals surface area contributed by atoms with Crippen molar-refractivity contribution in [2.45, 2.75) is 104 Å². The Morgan fingerprint density at radius 2 is 1.86 bits per heavy atom. The summed E-state index contributed by atoms with van der Waals surface area (Å²) in [5.74, 6) is -0.394. The third-order valence-electron chi connectivity index (χ3n) is 10.1. The molecule has 274 valence electrons. The Hall–Kier alpha value is -4.11. The van der Waals surface area contributed by atoms with Gasteiger partial charge in [-0.15, -0.1) is 0 Å². The molecule has 1 saturated heterocycles. The van der Waals surface area contributed by atoms with Gasteiger partial charge in [-0.25, -0.2) is 19.1 Å². The van der Waals surface area contributed by atoms with Crippen molar-refractivity contribution < 1.29 is 23.8 Å². The molecule has 0 amide bonds. The largest absolute Gasteiger partial charge is 0.477 e. The fourth-order valence-corrected chi connectivity index (χ4v) is 7.88. The number of benzene rings is 1. The number of carboxylic acid groups (broad SMARTS) is 1. The number of rotatable bonds is 13. The van der Waals surface area contributed by atoms with Gasteiger partial charge < -0.3 is 24.3 Å². The maximum atomic E-state index is 12.8. The zero-order valence-electron chi connectivity index (χ0n) is 31.4. The van der Waals surface area contributed by atoms with E-state index in [-0.39, 0.29) is 29.2 Å². The van der Waals surface area contributed by atoms with Crippen molar-refractivity contribution in [1.29, 1.82) is 0 Å². The lowest BCUT2D eigenvalue weighted by Crippen LogP contribution is -2.44. The third kappa shape index (κ3) is 7.45. The van der Waals surface area contributed by atoms with Gasteiger partial charge in [-0.3, -0.25) is 4.68 Å². The molecule has 1 aliphatic heterocycles. The number of aromatic carboxylic acids is 1. The fraction of sp³-hybridized carbons (Fsp3) is 0.541. The van der Waals surface area contributed by atoms with Crippen molar-refractivity contribution in [1.82, 2.24) is 39.6 Å². The van der Waals surface area contributed by atoms with Gasteiger partial charge in [0.25, 0.3) is 0 Å². The number of hydrogen-bond donors (Lipinski definition) is 2. The normalized spacial score (nSPS) is 16.9. The number of carbonyl (C=O) groups is 1. The fourth-order valence-electron chi connectivity index (χ4n) is 6.44. The van der Waals surface area contributed by atoms with Crippen molar-refractivity contribution in [3.05, 3.63) is 42.4 Å². The number of hydrogen-bond acceptors (Lipinski definition) is 9. The van der Waals surface area contributed by atoms with E-state index in [0.717, 1.165) is 47.9 Å².